The molecule has 0 spiro atoms. The molecule has 0 bridgehead atoms. The molecule has 0 amide bonds. The Labute approximate surface area is 134 Å². The van der Waals surface area contributed by atoms with Gasteiger partial charge in [0.25, 0.3) is 0 Å². The van der Waals surface area contributed by atoms with Gasteiger partial charge in [-0.05, 0) is 0 Å². The number of aromatic nitrogens is 1. The van der Waals surface area contributed by atoms with Gasteiger partial charge in [-0.15, -0.1) is 0 Å². The average Bonchev–Trinajstić information content (AvgIpc) is 2.85. The molecule has 1 nitrogen and oxygen atoms in total. The van der Waals surface area contributed by atoms with E-state index in [0.717, 1.165) is 0 Å². The minimum atomic E-state index is -1.96. The molecule has 1 aromatic heterocycles. The third kappa shape index (κ3) is 6.46. The number of hydrogen-bond acceptors (Lipinski definition) is 2. The fraction of sp³-hybridized carbons (Fsp3) is 0.824. The monoisotopic (exact) mass is 403 g/mol. The molecule has 1 aromatic rings. The maximum absolute atomic E-state index is 4.52. The summed E-state index contributed by atoms with van der Waals surface area (Å²) in [6, 6.07) is 2.36. The summed E-state index contributed by atoms with van der Waals surface area (Å²) in [5.41, 5.74) is 1.23. The zero-order valence-electron chi connectivity index (χ0n) is 14.0. The summed E-state index contributed by atoms with van der Waals surface area (Å²) in [5, 5.41) is 0. The molecule has 0 saturated carbocycles. The molecule has 0 unspecified atom stereocenters. The van der Waals surface area contributed by atoms with E-state index in [1.54, 1.807) is 29.7 Å². The third-order valence-corrected chi connectivity index (χ3v) is 21.4. The van der Waals surface area contributed by atoms with Crippen LogP contribution in [-0.4, -0.2) is 22.8 Å². The van der Waals surface area contributed by atoms with Gasteiger partial charge in [0.2, 0.25) is 0 Å². The van der Waals surface area contributed by atoms with Gasteiger partial charge in [-0.3, -0.25) is 0 Å². The molecule has 0 fully saturated rings. The first-order valence-electron chi connectivity index (χ1n) is 8.58. The van der Waals surface area contributed by atoms with Crippen molar-refractivity contribution in [2.75, 3.05) is 0 Å². The Morgan fingerprint density at radius 2 is 1.45 bits per heavy atom. The van der Waals surface area contributed by atoms with Crippen LogP contribution in [0.4, 0.5) is 0 Å². The second-order valence-electron chi connectivity index (χ2n) is 6.42. The number of nitrogens with zero attached hydrogens (tertiary/aromatic N) is 1. The second-order valence-corrected chi connectivity index (χ2v) is 21.2. The molecule has 0 radical (unpaired) electrons. The van der Waals surface area contributed by atoms with Crippen molar-refractivity contribution in [2.45, 2.75) is 84.0 Å². The third-order valence-electron chi connectivity index (χ3n) is 4.41. The Balaban J connectivity index is 2.80. The summed E-state index contributed by atoms with van der Waals surface area (Å²) >= 11 is -0.185. The summed E-state index contributed by atoms with van der Waals surface area (Å²) in [6.45, 7) is 9.20. The van der Waals surface area contributed by atoms with Gasteiger partial charge in [0, 0.05) is 0 Å². The van der Waals surface area contributed by atoms with E-state index in [1.165, 1.54) is 48.7 Å². The summed E-state index contributed by atoms with van der Waals surface area (Å²) in [5.74, 6) is 0. The van der Waals surface area contributed by atoms with E-state index in [9.17, 15) is 0 Å². The fourth-order valence-corrected chi connectivity index (χ4v) is 21.9. The topological polar surface area (TPSA) is 12.9 Å². The van der Waals surface area contributed by atoms with Crippen LogP contribution in [0.15, 0.2) is 6.07 Å². The predicted octanol–water partition coefficient (Wildman–Crippen LogP) is 6.38. The van der Waals surface area contributed by atoms with Crippen molar-refractivity contribution < 1.29 is 0 Å². The quantitative estimate of drug-likeness (QED) is 0.392. The first-order valence-corrected chi connectivity index (χ1v) is 17.4. The minimum absolute atomic E-state index is 1.23. The van der Waals surface area contributed by atoms with Crippen LogP contribution in [0.3, 0.4) is 0 Å². The molecule has 0 saturated heterocycles. The van der Waals surface area contributed by atoms with E-state index in [0.29, 0.717) is 0 Å². The van der Waals surface area contributed by atoms with Gasteiger partial charge in [0.15, 0.2) is 0 Å². The van der Waals surface area contributed by atoms with Crippen molar-refractivity contribution in [1.29, 1.82) is 0 Å². The molecule has 0 aliphatic heterocycles. The standard InChI is InChI=1S/C5H6NS.3C4H9.Sn/c1-4-3-5(2)7-6-4;3*1-3-4-2;/h3H,2H2,1H3;3*1,3-4H2,2H3;. The Morgan fingerprint density at radius 1 is 0.950 bits per heavy atom. The number of rotatable bonds is 11. The van der Waals surface area contributed by atoms with E-state index in [1.807, 2.05) is 0 Å². The van der Waals surface area contributed by atoms with E-state index in [2.05, 4.69) is 38.1 Å². The van der Waals surface area contributed by atoms with E-state index < -0.39 is 18.4 Å². The van der Waals surface area contributed by atoms with Crippen LogP contribution in [0, 0.1) is 6.92 Å². The van der Waals surface area contributed by atoms with E-state index >= 15 is 0 Å². The maximum atomic E-state index is 4.52. The van der Waals surface area contributed by atoms with Crippen LogP contribution < -0.4 is 0 Å². The van der Waals surface area contributed by atoms with Gasteiger partial charge >= 0.3 is 135 Å². The second kappa shape index (κ2) is 10.2. The SMILES string of the molecule is CCC[CH2][Sn]([CH2]CCC)([CH2]CCC)[CH2]c1cc(C)ns1. The van der Waals surface area contributed by atoms with E-state index in [-0.39, 0.29) is 0 Å². The van der Waals surface area contributed by atoms with Crippen molar-refractivity contribution in [3.05, 3.63) is 16.6 Å². The molecule has 0 aliphatic rings. The molecular formula is C17H33NSSn. The van der Waals surface area contributed by atoms with Gasteiger partial charge < -0.3 is 0 Å². The zero-order chi connectivity index (χ0) is 14.8. The molecule has 0 aliphatic carbocycles. The van der Waals surface area contributed by atoms with Crippen LogP contribution in [0.5, 0.6) is 0 Å². The molecule has 0 aromatic carbocycles. The molecule has 116 valence electrons. The predicted molar refractivity (Wildman–Crippen MR) is 95.5 cm³/mol. The van der Waals surface area contributed by atoms with Crippen molar-refractivity contribution in [1.82, 2.24) is 4.37 Å². The fourth-order valence-electron chi connectivity index (χ4n) is 3.16. The van der Waals surface area contributed by atoms with Crippen LogP contribution in [-0.2, 0) is 4.44 Å². The molecule has 0 atom stereocenters. The van der Waals surface area contributed by atoms with Gasteiger partial charge in [-0.25, -0.2) is 0 Å². The van der Waals surface area contributed by atoms with Gasteiger partial charge in [0.05, 0.1) is 0 Å². The molecule has 3 heteroatoms. The average molecular weight is 402 g/mol. The molecule has 0 N–H and O–H groups in total. The number of hydrogen-bond donors (Lipinski definition) is 0. The Morgan fingerprint density at radius 3 is 1.80 bits per heavy atom. The molecule has 1 heterocycles. The summed E-state index contributed by atoms with van der Waals surface area (Å²) in [6.07, 6.45) is 8.54. The normalized spacial score (nSPS) is 12.0. The first kappa shape index (κ1) is 18.5. The molecule has 1 rings (SSSR count). The number of aryl methyl sites for hydroxylation is 1. The van der Waals surface area contributed by atoms with Crippen LogP contribution in [0.2, 0.25) is 13.3 Å². The first-order chi connectivity index (χ1) is 9.65. The van der Waals surface area contributed by atoms with Crippen molar-refractivity contribution in [3.8, 4) is 0 Å². The van der Waals surface area contributed by atoms with Gasteiger partial charge in [-0.1, -0.05) is 0 Å². The molecular weight excluding hydrogens is 369 g/mol. The van der Waals surface area contributed by atoms with Crippen molar-refractivity contribution in [2.24, 2.45) is 0 Å². The summed E-state index contributed by atoms with van der Waals surface area (Å²) < 4.78 is 10.8. The summed E-state index contributed by atoms with van der Waals surface area (Å²) in [4.78, 5) is 1.60. The number of unbranched alkanes of at least 4 members (excludes halogenated alkanes) is 3. The molecule has 20 heavy (non-hydrogen) atoms. The van der Waals surface area contributed by atoms with E-state index in [4.69, 9.17) is 0 Å². The Kier molecular flexibility index (Phi) is 9.43. The Hall–Kier alpha value is 0.429. The van der Waals surface area contributed by atoms with Gasteiger partial charge in [-0.2, -0.15) is 0 Å². The van der Waals surface area contributed by atoms with Crippen molar-refractivity contribution >= 4 is 29.9 Å². The van der Waals surface area contributed by atoms with Crippen molar-refractivity contribution in [3.63, 3.8) is 0 Å². The van der Waals surface area contributed by atoms with Crippen LogP contribution >= 0.6 is 11.5 Å². The van der Waals surface area contributed by atoms with Crippen LogP contribution in [0.25, 0.3) is 0 Å². The van der Waals surface area contributed by atoms with Crippen LogP contribution in [0.1, 0.15) is 69.9 Å². The summed E-state index contributed by atoms with van der Waals surface area (Å²) in [7, 11) is 0. The van der Waals surface area contributed by atoms with Gasteiger partial charge in [0.1, 0.15) is 0 Å². The Bertz CT molecular complexity index is 340. The zero-order valence-corrected chi connectivity index (χ0v) is 17.7.